The summed E-state index contributed by atoms with van der Waals surface area (Å²) >= 11 is 0. The largest absolute Gasteiger partial charge is 0.493 e. The highest BCUT2D eigenvalue weighted by Gasteiger charge is 2.43. The molecule has 1 heterocycles. The maximum absolute atomic E-state index is 13.0. The average molecular weight is 490 g/mol. The van der Waals surface area contributed by atoms with Gasteiger partial charge in [-0.2, -0.15) is 0 Å². The van der Waals surface area contributed by atoms with Gasteiger partial charge in [0.2, 0.25) is 0 Å². The molecule has 0 spiro atoms. The summed E-state index contributed by atoms with van der Waals surface area (Å²) in [4.78, 5) is 14.8. The Morgan fingerprint density at radius 2 is 1.97 bits per heavy atom. The normalized spacial score (nSPS) is 21.5. The summed E-state index contributed by atoms with van der Waals surface area (Å²) in [6.07, 6.45) is 9.14. The SMILES string of the molecule is CNCC(C)NC(=O)N1CCCC(C(O)(CCCCOC)c2ccccc2OCC2CCCC2)C1. The van der Waals surface area contributed by atoms with Gasteiger partial charge in [-0.1, -0.05) is 31.0 Å². The molecule has 3 N–H and O–H groups in total. The van der Waals surface area contributed by atoms with Crippen LogP contribution in [0.25, 0.3) is 0 Å². The molecule has 1 aromatic rings. The molecule has 1 aliphatic heterocycles. The van der Waals surface area contributed by atoms with Crippen LogP contribution in [0, 0.1) is 11.8 Å². The summed E-state index contributed by atoms with van der Waals surface area (Å²) in [5, 5.41) is 18.5. The van der Waals surface area contributed by atoms with Gasteiger partial charge in [-0.15, -0.1) is 0 Å². The molecule has 0 aromatic heterocycles. The fourth-order valence-electron chi connectivity index (χ4n) is 5.75. The van der Waals surface area contributed by atoms with Gasteiger partial charge >= 0.3 is 6.03 Å². The molecule has 2 amide bonds. The first-order chi connectivity index (χ1) is 17.0. The summed E-state index contributed by atoms with van der Waals surface area (Å²) in [7, 11) is 3.60. The molecule has 3 rings (SSSR count). The predicted octanol–water partition coefficient (Wildman–Crippen LogP) is 4.29. The van der Waals surface area contributed by atoms with E-state index in [4.69, 9.17) is 9.47 Å². The first-order valence-corrected chi connectivity index (χ1v) is 13.6. The number of aliphatic hydroxyl groups is 1. The minimum Gasteiger partial charge on any atom is -0.493 e. The number of para-hydroxylation sites is 1. The molecule has 198 valence electrons. The zero-order valence-corrected chi connectivity index (χ0v) is 22.1. The van der Waals surface area contributed by atoms with Crippen molar-refractivity contribution in [2.75, 3.05) is 47.0 Å². The lowest BCUT2D eigenvalue weighted by molar-refractivity contribution is -0.0581. The molecule has 1 saturated heterocycles. The Balaban J connectivity index is 1.79. The smallest absolute Gasteiger partial charge is 0.317 e. The van der Waals surface area contributed by atoms with Crippen LogP contribution in [0.3, 0.4) is 0 Å². The second-order valence-corrected chi connectivity index (χ2v) is 10.5. The molecule has 2 aliphatic rings. The van der Waals surface area contributed by atoms with E-state index in [0.717, 1.165) is 43.5 Å². The molecule has 3 unspecified atom stereocenters. The number of amides is 2. The van der Waals surface area contributed by atoms with Gasteiger partial charge in [0.25, 0.3) is 0 Å². The Morgan fingerprint density at radius 1 is 1.20 bits per heavy atom. The zero-order chi connectivity index (χ0) is 25.1. The van der Waals surface area contributed by atoms with Gasteiger partial charge in [0.15, 0.2) is 0 Å². The van der Waals surface area contributed by atoms with Crippen LogP contribution in [-0.2, 0) is 10.3 Å². The number of hydrogen-bond acceptors (Lipinski definition) is 5. The lowest BCUT2D eigenvalue weighted by Crippen LogP contribution is -2.53. The number of hydrogen-bond donors (Lipinski definition) is 3. The van der Waals surface area contributed by atoms with Crippen LogP contribution >= 0.6 is 0 Å². The highest BCUT2D eigenvalue weighted by Crippen LogP contribution is 2.43. The van der Waals surface area contributed by atoms with Gasteiger partial charge in [0.1, 0.15) is 5.75 Å². The third-order valence-electron chi connectivity index (χ3n) is 7.72. The van der Waals surface area contributed by atoms with Gasteiger partial charge in [0.05, 0.1) is 12.2 Å². The molecular formula is C28H47N3O4. The number of carbonyl (C=O) groups excluding carboxylic acids is 1. The monoisotopic (exact) mass is 489 g/mol. The number of carbonyl (C=O) groups is 1. The van der Waals surface area contributed by atoms with E-state index >= 15 is 0 Å². The molecule has 7 nitrogen and oxygen atoms in total. The lowest BCUT2D eigenvalue weighted by atomic mass is 9.73. The van der Waals surface area contributed by atoms with Gasteiger partial charge in [-0.3, -0.25) is 0 Å². The van der Waals surface area contributed by atoms with Gasteiger partial charge in [0, 0.05) is 50.9 Å². The van der Waals surface area contributed by atoms with Crippen molar-refractivity contribution in [2.45, 2.75) is 76.4 Å². The first kappa shape index (κ1) is 27.8. The van der Waals surface area contributed by atoms with Crippen LogP contribution < -0.4 is 15.4 Å². The summed E-state index contributed by atoms with van der Waals surface area (Å²) < 4.78 is 11.6. The molecular weight excluding hydrogens is 442 g/mol. The van der Waals surface area contributed by atoms with Crippen molar-refractivity contribution in [3.63, 3.8) is 0 Å². The maximum atomic E-state index is 13.0. The van der Waals surface area contributed by atoms with Crippen molar-refractivity contribution in [3.8, 4) is 5.75 Å². The fourth-order valence-corrected chi connectivity index (χ4v) is 5.75. The van der Waals surface area contributed by atoms with E-state index in [9.17, 15) is 9.90 Å². The first-order valence-electron chi connectivity index (χ1n) is 13.6. The summed E-state index contributed by atoms with van der Waals surface area (Å²) in [5.41, 5.74) is -0.193. The van der Waals surface area contributed by atoms with Crippen molar-refractivity contribution < 1.29 is 19.4 Å². The second kappa shape index (κ2) is 14.0. The molecule has 0 bridgehead atoms. The third kappa shape index (κ3) is 7.83. The Hall–Kier alpha value is -1.83. The number of urea groups is 1. The van der Waals surface area contributed by atoms with Gasteiger partial charge in [-0.05, 0) is 70.9 Å². The van der Waals surface area contributed by atoms with Crippen molar-refractivity contribution in [1.29, 1.82) is 0 Å². The number of rotatable bonds is 13. The number of unbranched alkanes of at least 4 members (excludes halogenated alkanes) is 1. The van der Waals surface area contributed by atoms with Crippen LogP contribution in [0.2, 0.25) is 0 Å². The van der Waals surface area contributed by atoms with Crippen LogP contribution in [0.4, 0.5) is 4.79 Å². The van der Waals surface area contributed by atoms with E-state index in [2.05, 4.69) is 10.6 Å². The number of likely N-dealkylation sites (tertiary alicyclic amines) is 1. The minimum atomic E-state index is -1.06. The second-order valence-electron chi connectivity index (χ2n) is 10.5. The van der Waals surface area contributed by atoms with Crippen LogP contribution in [0.5, 0.6) is 5.75 Å². The number of nitrogens with zero attached hydrogens (tertiary/aromatic N) is 1. The number of benzene rings is 1. The van der Waals surface area contributed by atoms with Crippen molar-refractivity contribution in [2.24, 2.45) is 11.8 Å². The molecule has 1 aromatic carbocycles. The van der Waals surface area contributed by atoms with Gasteiger partial charge in [-0.25, -0.2) is 4.79 Å². The Bertz CT molecular complexity index is 770. The van der Waals surface area contributed by atoms with Crippen molar-refractivity contribution in [1.82, 2.24) is 15.5 Å². The third-order valence-corrected chi connectivity index (χ3v) is 7.72. The van der Waals surface area contributed by atoms with Crippen LogP contribution in [-0.4, -0.2) is 69.1 Å². The molecule has 1 saturated carbocycles. The molecule has 2 fully saturated rings. The molecule has 1 aliphatic carbocycles. The standard InChI is InChI=1S/C28H47N3O4/c1-22(19-29-2)30-27(32)31-17-10-13-24(20-31)28(33,16-8-9-18-34-3)25-14-6-7-15-26(25)35-21-23-11-4-5-12-23/h6-7,14-15,22-24,29,33H,4-5,8-13,16-21H2,1-3H3,(H,30,32). The number of methoxy groups -OCH3 is 1. The summed E-state index contributed by atoms with van der Waals surface area (Å²) in [6, 6.07) is 7.99. The lowest BCUT2D eigenvalue weighted by Gasteiger charge is -2.43. The van der Waals surface area contributed by atoms with E-state index < -0.39 is 5.60 Å². The zero-order valence-electron chi connectivity index (χ0n) is 22.1. The fraction of sp³-hybridized carbons (Fsp3) is 0.750. The van der Waals surface area contributed by atoms with E-state index in [1.54, 1.807) is 7.11 Å². The summed E-state index contributed by atoms with van der Waals surface area (Å²) in [5.74, 6) is 1.34. The quantitative estimate of drug-likeness (QED) is 0.360. The number of piperidine rings is 1. The Labute approximate surface area is 211 Å². The summed E-state index contributed by atoms with van der Waals surface area (Å²) in [6.45, 7) is 5.36. The highest BCUT2D eigenvalue weighted by molar-refractivity contribution is 5.74. The topological polar surface area (TPSA) is 83.1 Å². The number of nitrogens with one attached hydrogen (secondary N) is 2. The van der Waals surface area contributed by atoms with E-state index in [1.807, 2.05) is 43.1 Å². The van der Waals surface area contributed by atoms with Crippen LogP contribution in [0.15, 0.2) is 24.3 Å². The Kier molecular flexibility index (Phi) is 11.1. The average Bonchev–Trinajstić information content (AvgIpc) is 3.39. The highest BCUT2D eigenvalue weighted by atomic mass is 16.5. The van der Waals surface area contributed by atoms with Crippen LogP contribution in [0.1, 0.15) is 70.3 Å². The van der Waals surface area contributed by atoms with Crippen molar-refractivity contribution >= 4 is 6.03 Å². The molecule has 3 atom stereocenters. The molecule has 7 heteroatoms. The number of ether oxygens (including phenoxy) is 2. The van der Waals surface area contributed by atoms with E-state index in [0.29, 0.717) is 38.6 Å². The van der Waals surface area contributed by atoms with E-state index in [1.165, 1.54) is 25.7 Å². The van der Waals surface area contributed by atoms with E-state index in [-0.39, 0.29) is 18.0 Å². The predicted molar refractivity (Wildman–Crippen MR) is 140 cm³/mol. The number of likely N-dealkylation sites (N-methyl/N-ethyl adjacent to an activating group) is 1. The van der Waals surface area contributed by atoms with Crippen molar-refractivity contribution in [3.05, 3.63) is 29.8 Å². The molecule has 0 radical (unpaired) electrons. The van der Waals surface area contributed by atoms with Gasteiger partial charge < -0.3 is 30.1 Å². The Morgan fingerprint density at radius 3 is 2.71 bits per heavy atom. The minimum absolute atomic E-state index is 0.0468. The maximum Gasteiger partial charge on any atom is 0.317 e. The molecule has 35 heavy (non-hydrogen) atoms.